The maximum atomic E-state index is 12.9. The van der Waals surface area contributed by atoms with Crippen LogP contribution in [0.1, 0.15) is 16.7 Å². The van der Waals surface area contributed by atoms with Crippen LogP contribution in [0.15, 0.2) is 56.3 Å². The Hall–Kier alpha value is -1.16. The maximum Gasteiger partial charge on any atom is 0.416 e. The van der Waals surface area contributed by atoms with Gasteiger partial charge in [-0.15, -0.1) is 0 Å². The molecule has 0 aliphatic carbocycles. The number of benzene rings is 2. The van der Waals surface area contributed by atoms with Crippen LogP contribution in [0, 0.1) is 0 Å². The third-order valence-corrected chi connectivity index (χ3v) is 5.58. The predicted octanol–water partition coefficient (Wildman–Crippen LogP) is 6.39. The van der Waals surface area contributed by atoms with Gasteiger partial charge in [0.05, 0.1) is 19.2 Å². The first kappa shape index (κ1) is 18.6. The molecule has 130 valence electrons. The number of alkyl halides is 3. The van der Waals surface area contributed by atoms with Gasteiger partial charge < -0.3 is 0 Å². The van der Waals surface area contributed by atoms with Crippen molar-refractivity contribution in [3.63, 3.8) is 0 Å². The lowest BCUT2D eigenvalue weighted by Gasteiger charge is -2.24. The lowest BCUT2D eigenvalue weighted by atomic mass is 9.97. The number of hydrogen-bond acceptors (Lipinski definition) is 3. The Balaban J connectivity index is 2.14. The number of nitrogens with two attached hydrogens (primary N) is 1. The summed E-state index contributed by atoms with van der Waals surface area (Å²) in [6.45, 7) is 0. The molecule has 0 amide bonds. The number of hydrogen-bond donors (Lipinski definition) is 1. The van der Waals surface area contributed by atoms with Gasteiger partial charge in [-0.05, 0) is 34.7 Å². The SMILES string of the molecule is NC1(c2c(Cl)cc(C(F)(F)F)cc2Cl)N=NC(c2ccccc2)=C1I. The van der Waals surface area contributed by atoms with E-state index in [1.54, 1.807) is 0 Å². The zero-order valence-electron chi connectivity index (χ0n) is 12.3. The van der Waals surface area contributed by atoms with Crippen LogP contribution in [0.4, 0.5) is 13.2 Å². The molecule has 2 N–H and O–H groups in total. The van der Waals surface area contributed by atoms with E-state index >= 15 is 0 Å². The molecule has 1 aliphatic rings. The summed E-state index contributed by atoms with van der Waals surface area (Å²) < 4.78 is 39.2. The fourth-order valence-electron chi connectivity index (χ4n) is 2.44. The normalized spacial score (nSPS) is 20.4. The third-order valence-electron chi connectivity index (χ3n) is 3.65. The summed E-state index contributed by atoms with van der Waals surface area (Å²) in [6.07, 6.45) is -4.57. The second-order valence-electron chi connectivity index (χ2n) is 5.31. The van der Waals surface area contributed by atoms with Crippen LogP contribution in [-0.4, -0.2) is 0 Å². The Morgan fingerprint density at radius 3 is 2.12 bits per heavy atom. The first-order chi connectivity index (χ1) is 11.6. The topological polar surface area (TPSA) is 50.7 Å². The van der Waals surface area contributed by atoms with Gasteiger partial charge in [-0.2, -0.15) is 23.4 Å². The largest absolute Gasteiger partial charge is 0.416 e. The predicted molar refractivity (Wildman–Crippen MR) is 99.6 cm³/mol. The average molecular weight is 498 g/mol. The van der Waals surface area contributed by atoms with E-state index in [0.717, 1.165) is 17.7 Å². The van der Waals surface area contributed by atoms with E-state index < -0.39 is 17.4 Å². The highest BCUT2D eigenvalue weighted by molar-refractivity contribution is 14.1. The summed E-state index contributed by atoms with van der Waals surface area (Å²) in [4.78, 5) is 0. The molecule has 0 saturated heterocycles. The standard InChI is InChI=1S/C16H9Cl2F3IN3/c17-10-6-9(16(19,20)21)7-11(18)12(10)15(23)14(22)13(24-25-15)8-4-2-1-3-5-8/h1-7H,23H2. The molecule has 1 heterocycles. The number of nitrogens with zero attached hydrogens (tertiary/aromatic N) is 2. The molecule has 1 aliphatic heterocycles. The van der Waals surface area contributed by atoms with Crippen LogP contribution >= 0.6 is 45.8 Å². The van der Waals surface area contributed by atoms with E-state index in [4.69, 9.17) is 28.9 Å². The van der Waals surface area contributed by atoms with Gasteiger partial charge in [-0.3, -0.25) is 5.73 Å². The van der Waals surface area contributed by atoms with Crippen molar-refractivity contribution in [3.8, 4) is 0 Å². The zero-order valence-corrected chi connectivity index (χ0v) is 16.0. The van der Waals surface area contributed by atoms with Gasteiger partial charge in [-0.25, -0.2) is 0 Å². The van der Waals surface area contributed by atoms with E-state index in [2.05, 4.69) is 10.2 Å². The first-order valence-electron chi connectivity index (χ1n) is 6.89. The van der Waals surface area contributed by atoms with Crippen molar-refractivity contribution in [2.75, 3.05) is 0 Å². The van der Waals surface area contributed by atoms with Crippen molar-refractivity contribution in [2.24, 2.45) is 16.0 Å². The molecule has 25 heavy (non-hydrogen) atoms. The lowest BCUT2D eigenvalue weighted by Crippen LogP contribution is -2.34. The molecule has 2 aromatic rings. The number of rotatable bonds is 2. The molecule has 9 heteroatoms. The lowest BCUT2D eigenvalue weighted by molar-refractivity contribution is -0.137. The molecule has 1 atom stereocenters. The molecule has 0 bridgehead atoms. The van der Waals surface area contributed by atoms with Crippen LogP contribution in [0.2, 0.25) is 10.0 Å². The Bertz CT molecular complexity index is 874. The molecule has 0 radical (unpaired) electrons. The van der Waals surface area contributed by atoms with Crippen molar-refractivity contribution in [1.29, 1.82) is 0 Å². The monoisotopic (exact) mass is 497 g/mol. The Morgan fingerprint density at radius 2 is 1.60 bits per heavy atom. The van der Waals surface area contributed by atoms with Gasteiger partial charge in [-0.1, -0.05) is 53.5 Å². The van der Waals surface area contributed by atoms with Gasteiger partial charge in [0.1, 0.15) is 5.70 Å². The number of halogens is 6. The molecule has 0 aromatic heterocycles. The van der Waals surface area contributed by atoms with E-state index in [0.29, 0.717) is 9.28 Å². The van der Waals surface area contributed by atoms with Gasteiger partial charge in [0.15, 0.2) is 5.66 Å². The highest BCUT2D eigenvalue weighted by atomic mass is 127. The van der Waals surface area contributed by atoms with Crippen LogP contribution in [0.5, 0.6) is 0 Å². The first-order valence-corrected chi connectivity index (χ1v) is 8.72. The Kier molecular flexibility index (Phi) is 4.87. The summed E-state index contributed by atoms with van der Waals surface area (Å²) in [5.41, 5.74) is 5.24. The van der Waals surface area contributed by atoms with Crippen LogP contribution in [0.25, 0.3) is 5.70 Å². The van der Waals surface area contributed by atoms with Gasteiger partial charge >= 0.3 is 6.18 Å². The highest BCUT2D eigenvalue weighted by Gasteiger charge is 2.42. The smallest absolute Gasteiger partial charge is 0.297 e. The molecule has 0 saturated carbocycles. The van der Waals surface area contributed by atoms with Crippen molar-refractivity contribution in [2.45, 2.75) is 11.8 Å². The summed E-state index contributed by atoms with van der Waals surface area (Å²) in [5, 5.41) is 7.73. The molecular weight excluding hydrogens is 489 g/mol. The van der Waals surface area contributed by atoms with Crippen molar-refractivity contribution >= 4 is 51.5 Å². The van der Waals surface area contributed by atoms with Crippen molar-refractivity contribution in [3.05, 3.63) is 72.8 Å². The van der Waals surface area contributed by atoms with Gasteiger partial charge in [0, 0.05) is 11.1 Å². The minimum Gasteiger partial charge on any atom is -0.297 e. The zero-order chi connectivity index (χ0) is 18.4. The average Bonchev–Trinajstić information content (AvgIpc) is 2.83. The summed E-state index contributed by atoms with van der Waals surface area (Å²) in [6, 6.07) is 10.7. The second kappa shape index (κ2) is 6.53. The minimum atomic E-state index is -4.57. The van der Waals surface area contributed by atoms with E-state index in [1.807, 2.05) is 52.9 Å². The minimum absolute atomic E-state index is 0.0860. The molecule has 3 rings (SSSR count). The fraction of sp³-hybridized carbons (Fsp3) is 0.125. The summed E-state index contributed by atoms with van der Waals surface area (Å²) in [5.74, 6) is 0. The Labute approximate surface area is 164 Å². The summed E-state index contributed by atoms with van der Waals surface area (Å²) in [7, 11) is 0. The molecule has 3 nitrogen and oxygen atoms in total. The Morgan fingerprint density at radius 1 is 1.04 bits per heavy atom. The van der Waals surface area contributed by atoms with Crippen LogP contribution < -0.4 is 5.73 Å². The van der Waals surface area contributed by atoms with E-state index in [-0.39, 0.29) is 15.6 Å². The van der Waals surface area contributed by atoms with Crippen LogP contribution in [0.3, 0.4) is 0 Å². The van der Waals surface area contributed by atoms with E-state index in [9.17, 15) is 13.2 Å². The fourth-order valence-corrected chi connectivity index (χ4v) is 4.01. The molecular formula is C16H9Cl2F3IN3. The van der Waals surface area contributed by atoms with Gasteiger partial charge in [0.25, 0.3) is 0 Å². The second-order valence-corrected chi connectivity index (χ2v) is 7.20. The maximum absolute atomic E-state index is 12.9. The molecule has 0 fully saturated rings. The highest BCUT2D eigenvalue weighted by Crippen LogP contribution is 2.49. The summed E-state index contributed by atoms with van der Waals surface area (Å²) >= 11 is 14.1. The molecule has 0 spiro atoms. The third kappa shape index (κ3) is 3.30. The number of azo groups is 1. The quantitative estimate of drug-likeness (QED) is 0.480. The van der Waals surface area contributed by atoms with Crippen molar-refractivity contribution in [1.82, 2.24) is 0 Å². The van der Waals surface area contributed by atoms with Crippen molar-refractivity contribution < 1.29 is 13.2 Å². The van der Waals surface area contributed by atoms with Gasteiger partial charge in [0.2, 0.25) is 0 Å². The van der Waals surface area contributed by atoms with Crippen LogP contribution in [-0.2, 0) is 11.8 Å². The van der Waals surface area contributed by atoms with E-state index in [1.165, 1.54) is 0 Å². The molecule has 2 aromatic carbocycles. The molecule has 1 unspecified atom stereocenters.